The first-order chi connectivity index (χ1) is 14.1. The van der Waals surface area contributed by atoms with Gasteiger partial charge in [-0.15, -0.1) is 0 Å². The van der Waals surface area contributed by atoms with Gasteiger partial charge in [0.15, 0.2) is 0 Å². The average Bonchev–Trinajstić information content (AvgIpc) is 3.12. The van der Waals surface area contributed by atoms with E-state index in [0.717, 1.165) is 33.2 Å². The van der Waals surface area contributed by atoms with Gasteiger partial charge in [-0.1, -0.05) is 0 Å². The highest BCUT2D eigenvalue weighted by Gasteiger charge is 2.14. The number of methoxy groups -OCH3 is 1. The SMILES string of the molecule is COc1ccc(Nc2nc3cc4cc(C(=O)O)ccc4n3c3cnccc23)cc1. The molecule has 0 saturated heterocycles. The lowest BCUT2D eigenvalue weighted by Crippen LogP contribution is -2.00. The Hall–Kier alpha value is -4.13. The van der Waals surface area contributed by atoms with Crippen LogP contribution in [-0.4, -0.2) is 32.6 Å². The van der Waals surface area contributed by atoms with Gasteiger partial charge in [-0.25, -0.2) is 9.78 Å². The van der Waals surface area contributed by atoms with Crippen LogP contribution >= 0.6 is 0 Å². The minimum Gasteiger partial charge on any atom is -0.497 e. The van der Waals surface area contributed by atoms with E-state index in [1.165, 1.54) is 0 Å². The quantitative estimate of drug-likeness (QED) is 0.475. The molecule has 5 aromatic rings. The van der Waals surface area contributed by atoms with E-state index in [4.69, 9.17) is 9.72 Å². The number of aromatic nitrogens is 3. The maximum absolute atomic E-state index is 11.3. The highest BCUT2D eigenvalue weighted by atomic mass is 16.5. The molecule has 3 heterocycles. The Labute approximate surface area is 165 Å². The fourth-order valence-electron chi connectivity index (χ4n) is 3.51. The highest BCUT2D eigenvalue weighted by Crippen LogP contribution is 2.30. The number of pyridine rings is 1. The summed E-state index contributed by atoms with van der Waals surface area (Å²) >= 11 is 0. The van der Waals surface area contributed by atoms with Crippen LogP contribution in [0.4, 0.5) is 11.5 Å². The number of benzene rings is 2. The van der Waals surface area contributed by atoms with Crippen LogP contribution in [0.2, 0.25) is 0 Å². The molecule has 0 radical (unpaired) electrons. The van der Waals surface area contributed by atoms with Crippen LogP contribution in [-0.2, 0) is 0 Å². The van der Waals surface area contributed by atoms with Crippen LogP contribution in [0.15, 0.2) is 67.0 Å². The molecule has 0 saturated carbocycles. The molecule has 142 valence electrons. The second kappa shape index (κ2) is 6.49. The number of aromatic carboxylic acids is 1. The second-order valence-electron chi connectivity index (χ2n) is 6.62. The molecule has 7 heteroatoms. The van der Waals surface area contributed by atoms with Crippen molar-refractivity contribution in [2.75, 3.05) is 12.4 Å². The van der Waals surface area contributed by atoms with E-state index in [1.54, 1.807) is 37.7 Å². The van der Waals surface area contributed by atoms with Crippen molar-refractivity contribution in [3.63, 3.8) is 0 Å². The first kappa shape index (κ1) is 17.0. The Morgan fingerprint density at radius 3 is 2.66 bits per heavy atom. The summed E-state index contributed by atoms with van der Waals surface area (Å²) in [5.41, 5.74) is 3.59. The fourth-order valence-corrected chi connectivity index (χ4v) is 3.51. The van der Waals surface area contributed by atoms with Crippen molar-refractivity contribution in [2.24, 2.45) is 0 Å². The molecular formula is C22H16N4O3. The molecule has 7 nitrogen and oxygen atoms in total. The average molecular weight is 384 g/mol. The van der Waals surface area contributed by atoms with E-state index in [1.807, 2.05) is 40.8 Å². The van der Waals surface area contributed by atoms with Crippen molar-refractivity contribution >= 4 is 44.9 Å². The molecule has 2 N–H and O–H groups in total. The fraction of sp³-hybridized carbons (Fsp3) is 0.0455. The Morgan fingerprint density at radius 1 is 1.07 bits per heavy atom. The summed E-state index contributed by atoms with van der Waals surface area (Å²) in [6.45, 7) is 0. The molecule has 29 heavy (non-hydrogen) atoms. The number of carbonyl (C=O) groups is 1. The molecule has 0 aliphatic rings. The van der Waals surface area contributed by atoms with Gasteiger partial charge in [0.1, 0.15) is 17.2 Å². The maximum atomic E-state index is 11.3. The minimum atomic E-state index is -0.955. The molecule has 2 aromatic carbocycles. The summed E-state index contributed by atoms with van der Waals surface area (Å²) in [5, 5.41) is 14.4. The van der Waals surface area contributed by atoms with Gasteiger partial charge in [0.05, 0.1) is 29.9 Å². The Balaban J connectivity index is 1.73. The maximum Gasteiger partial charge on any atom is 0.335 e. The third-order valence-corrected chi connectivity index (χ3v) is 4.90. The van der Waals surface area contributed by atoms with Crippen LogP contribution in [0.5, 0.6) is 5.75 Å². The van der Waals surface area contributed by atoms with E-state index in [0.29, 0.717) is 11.5 Å². The zero-order valence-electron chi connectivity index (χ0n) is 15.5. The van der Waals surface area contributed by atoms with Gasteiger partial charge >= 0.3 is 5.97 Å². The summed E-state index contributed by atoms with van der Waals surface area (Å²) < 4.78 is 7.20. The molecule has 0 spiro atoms. The summed E-state index contributed by atoms with van der Waals surface area (Å²) in [6.07, 6.45) is 3.51. The number of carboxylic acids is 1. The van der Waals surface area contributed by atoms with Crippen LogP contribution < -0.4 is 10.1 Å². The number of nitrogens with one attached hydrogen (secondary N) is 1. The van der Waals surface area contributed by atoms with Gasteiger partial charge in [0.2, 0.25) is 0 Å². The normalized spacial score (nSPS) is 11.2. The number of ether oxygens (including phenoxy) is 1. The van der Waals surface area contributed by atoms with Crippen molar-refractivity contribution in [1.29, 1.82) is 0 Å². The zero-order valence-corrected chi connectivity index (χ0v) is 15.5. The predicted molar refractivity (Wildman–Crippen MR) is 111 cm³/mol. The molecule has 0 bridgehead atoms. The zero-order chi connectivity index (χ0) is 20.0. The van der Waals surface area contributed by atoms with Crippen molar-refractivity contribution in [2.45, 2.75) is 0 Å². The van der Waals surface area contributed by atoms with Crippen molar-refractivity contribution in [1.82, 2.24) is 14.4 Å². The Bertz CT molecular complexity index is 1390. The molecule has 3 aromatic heterocycles. The topological polar surface area (TPSA) is 88.8 Å². The molecule has 0 atom stereocenters. The number of hydrogen-bond acceptors (Lipinski definition) is 5. The second-order valence-corrected chi connectivity index (χ2v) is 6.62. The van der Waals surface area contributed by atoms with Crippen molar-refractivity contribution in [3.8, 4) is 5.75 Å². The first-order valence-corrected chi connectivity index (χ1v) is 8.97. The predicted octanol–water partition coefficient (Wildman–Crippen LogP) is 4.49. The van der Waals surface area contributed by atoms with E-state index in [9.17, 15) is 9.90 Å². The standard InChI is InChI=1S/C22H16N4O3/c1-29-16-5-3-15(4-6-16)24-21-17-8-9-23-12-19(17)26-18-7-2-13(22(27)28)10-14(18)11-20(26)25-21/h2-12H,1H3,(H,24,25)(H,27,28). The van der Waals surface area contributed by atoms with Crippen molar-refractivity contribution in [3.05, 3.63) is 72.6 Å². The smallest absolute Gasteiger partial charge is 0.335 e. The van der Waals surface area contributed by atoms with Gasteiger partial charge in [0, 0.05) is 22.7 Å². The number of rotatable bonds is 4. The lowest BCUT2D eigenvalue weighted by atomic mass is 10.1. The number of carboxylic acid groups (broad SMARTS) is 1. The number of nitrogens with zero attached hydrogens (tertiary/aromatic N) is 3. The Kier molecular flexibility index (Phi) is 3.80. The summed E-state index contributed by atoms with van der Waals surface area (Å²) in [4.78, 5) is 20.4. The molecule has 5 rings (SSSR count). The number of hydrogen-bond donors (Lipinski definition) is 2. The van der Waals surface area contributed by atoms with Crippen LogP contribution in [0.25, 0.3) is 27.5 Å². The van der Waals surface area contributed by atoms with Gasteiger partial charge in [0.25, 0.3) is 0 Å². The Morgan fingerprint density at radius 2 is 1.90 bits per heavy atom. The molecule has 0 aliphatic heterocycles. The van der Waals surface area contributed by atoms with E-state index >= 15 is 0 Å². The van der Waals surface area contributed by atoms with E-state index in [2.05, 4.69) is 10.3 Å². The third kappa shape index (κ3) is 2.80. The first-order valence-electron chi connectivity index (χ1n) is 8.97. The van der Waals surface area contributed by atoms with Gasteiger partial charge in [-0.2, -0.15) is 0 Å². The summed E-state index contributed by atoms with van der Waals surface area (Å²) in [5.74, 6) is 0.518. The number of fused-ring (bicyclic) bond motifs is 5. The van der Waals surface area contributed by atoms with E-state index in [-0.39, 0.29) is 5.56 Å². The van der Waals surface area contributed by atoms with Gasteiger partial charge in [-0.3, -0.25) is 9.38 Å². The molecule has 0 amide bonds. The molecule has 0 unspecified atom stereocenters. The lowest BCUT2D eigenvalue weighted by Gasteiger charge is -2.11. The minimum absolute atomic E-state index is 0.243. The highest BCUT2D eigenvalue weighted by molar-refractivity contribution is 6.00. The summed E-state index contributed by atoms with van der Waals surface area (Å²) in [6, 6.07) is 16.5. The monoisotopic (exact) mass is 384 g/mol. The van der Waals surface area contributed by atoms with Crippen LogP contribution in [0.1, 0.15) is 10.4 Å². The van der Waals surface area contributed by atoms with Crippen LogP contribution in [0, 0.1) is 0 Å². The van der Waals surface area contributed by atoms with Crippen molar-refractivity contribution < 1.29 is 14.6 Å². The molecule has 0 aliphatic carbocycles. The molecular weight excluding hydrogens is 368 g/mol. The largest absolute Gasteiger partial charge is 0.497 e. The summed E-state index contributed by atoms with van der Waals surface area (Å²) in [7, 11) is 1.63. The van der Waals surface area contributed by atoms with Gasteiger partial charge < -0.3 is 15.2 Å². The van der Waals surface area contributed by atoms with E-state index < -0.39 is 5.97 Å². The molecule has 0 fully saturated rings. The number of anilines is 2. The van der Waals surface area contributed by atoms with Gasteiger partial charge in [-0.05, 0) is 54.6 Å². The van der Waals surface area contributed by atoms with Crippen LogP contribution in [0.3, 0.4) is 0 Å². The third-order valence-electron chi connectivity index (χ3n) is 4.90. The lowest BCUT2D eigenvalue weighted by molar-refractivity contribution is 0.0697.